The van der Waals surface area contributed by atoms with Crippen molar-refractivity contribution in [2.75, 3.05) is 6.26 Å². The van der Waals surface area contributed by atoms with Gasteiger partial charge in [-0.2, -0.15) is 13.7 Å². The van der Waals surface area contributed by atoms with E-state index in [-0.39, 0.29) is 5.71 Å². The minimum absolute atomic E-state index is 0.163. The first-order chi connectivity index (χ1) is 8.89. The molecule has 0 spiro atoms. The van der Waals surface area contributed by atoms with E-state index in [4.69, 9.17) is 5.26 Å². The molecule has 2 aromatic rings. The number of aryl methyl sites for hydroxylation is 1. The van der Waals surface area contributed by atoms with Gasteiger partial charge in [-0.15, -0.1) is 11.3 Å². The topological polar surface area (TPSA) is 92.4 Å². The fraction of sp³-hybridized carbons (Fsp3) is 0.182. The van der Waals surface area contributed by atoms with E-state index in [0.717, 1.165) is 22.0 Å². The van der Waals surface area contributed by atoms with Gasteiger partial charge in [0.2, 0.25) is 5.71 Å². The molecule has 1 aromatic carbocycles. The lowest BCUT2D eigenvalue weighted by atomic mass is 10.2. The Balaban J connectivity index is 2.45. The largest absolute Gasteiger partial charge is 0.325 e. The van der Waals surface area contributed by atoms with Gasteiger partial charge < -0.3 is 0 Å². The van der Waals surface area contributed by atoms with Gasteiger partial charge in [-0.05, 0) is 24.6 Å². The monoisotopic (exact) mass is 295 g/mol. The van der Waals surface area contributed by atoms with Gasteiger partial charge in [-0.3, -0.25) is 4.28 Å². The van der Waals surface area contributed by atoms with Crippen molar-refractivity contribution in [2.45, 2.75) is 6.92 Å². The number of rotatable bonds is 3. The Morgan fingerprint density at radius 1 is 1.53 bits per heavy atom. The molecule has 0 atom stereocenters. The summed E-state index contributed by atoms with van der Waals surface area (Å²) in [5.41, 5.74) is 1.64. The molecule has 0 amide bonds. The molecular weight excluding hydrogens is 286 g/mol. The molecule has 1 aromatic heterocycles. The number of hydrogen-bond acceptors (Lipinski definition) is 7. The summed E-state index contributed by atoms with van der Waals surface area (Å²) in [5, 5.41) is 12.6. The standard InChI is InChI=1S/C11H9N3O3S2/c1-7-3-4-8-10(5-7)18-11(13-8)9(6-12)14-17-19(2,15)16/h3-5H,1-2H3. The zero-order valence-electron chi connectivity index (χ0n) is 10.1. The predicted octanol–water partition coefficient (Wildman–Crippen LogP) is 1.81. The fourth-order valence-electron chi connectivity index (χ4n) is 1.35. The van der Waals surface area contributed by atoms with Crippen molar-refractivity contribution in [3.63, 3.8) is 0 Å². The Labute approximate surface area is 114 Å². The number of hydrogen-bond donors (Lipinski definition) is 0. The number of benzene rings is 1. The van der Waals surface area contributed by atoms with Crippen LogP contribution in [0.4, 0.5) is 0 Å². The van der Waals surface area contributed by atoms with Crippen molar-refractivity contribution < 1.29 is 12.7 Å². The van der Waals surface area contributed by atoms with Crippen LogP contribution in [0, 0.1) is 18.3 Å². The van der Waals surface area contributed by atoms with Crippen molar-refractivity contribution in [2.24, 2.45) is 5.16 Å². The molecule has 2 rings (SSSR count). The molecule has 0 N–H and O–H groups in total. The lowest BCUT2D eigenvalue weighted by Crippen LogP contribution is -2.02. The fourth-order valence-corrected chi connectivity index (χ4v) is 2.55. The molecule has 1 heterocycles. The maximum atomic E-state index is 10.8. The Kier molecular flexibility index (Phi) is 3.50. The number of thiazole rings is 1. The van der Waals surface area contributed by atoms with E-state index in [1.165, 1.54) is 11.3 Å². The Bertz CT molecular complexity index is 800. The van der Waals surface area contributed by atoms with Crippen LogP contribution in [0.3, 0.4) is 0 Å². The Morgan fingerprint density at radius 3 is 2.89 bits per heavy atom. The molecule has 0 saturated heterocycles. The van der Waals surface area contributed by atoms with E-state index in [0.29, 0.717) is 5.01 Å². The van der Waals surface area contributed by atoms with Crippen LogP contribution in [-0.2, 0) is 14.4 Å². The zero-order valence-corrected chi connectivity index (χ0v) is 11.7. The molecule has 8 heteroatoms. The molecule has 98 valence electrons. The molecule has 0 saturated carbocycles. The highest BCUT2D eigenvalue weighted by Gasteiger charge is 2.12. The van der Waals surface area contributed by atoms with Gasteiger partial charge >= 0.3 is 10.1 Å². The molecule has 0 aliphatic carbocycles. The minimum Gasteiger partial charge on any atom is -0.267 e. The second-order valence-corrected chi connectivity index (χ2v) is 6.41. The van der Waals surface area contributed by atoms with Crippen LogP contribution in [0.1, 0.15) is 10.6 Å². The molecule has 0 radical (unpaired) electrons. The van der Waals surface area contributed by atoms with Gasteiger partial charge in [0.1, 0.15) is 6.07 Å². The third kappa shape index (κ3) is 3.27. The van der Waals surface area contributed by atoms with Crippen LogP contribution in [0.5, 0.6) is 0 Å². The summed E-state index contributed by atoms with van der Waals surface area (Å²) in [6, 6.07) is 7.44. The molecule has 0 unspecified atom stereocenters. The summed E-state index contributed by atoms with van der Waals surface area (Å²) < 4.78 is 26.8. The van der Waals surface area contributed by atoms with Crippen LogP contribution in [0.2, 0.25) is 0 Å². The Morgan fingerprint density at radius 2 is 2.26 bits per heavy atom. The van der Waals surface area contributed by atoms with E-state index in [9.17, 15) is 8.42 Å². The van der Waals surface area contributed by atoms with Crippen molar-refractivity contribution in [1.82, 2.24) is 4.98 Å². The smallest absolute Gasteiger partial charge is 0.267 e. The third-order valence-corrected chi connectivity index (χ3v) is 3.49. The summed E-state index contributed by atoms with van der Waals surface area (Å²) in [4.78, 5) is 4.22. The van der Waals surface area contributed by atoms with Crippen LogP contribution < -0.4 is 0 Å². The quantitative estimate of drug-likeness (QED) is 0.636. The van der Waals surface area contributed by atoms with Crippen LogP contribution in [0.15, 0.2) is 23.4 Å². The first kappa shape index (κ1) is 13.5. The Hall–Kier alpha value is -1.98. The summed E-state index contributed by atoms with van der Waals surface area (Å²) in [5.74, 6) is 0. The molecule has 0 fully saturated rings. The summed E-state index contributed by atoms with van der Waals surface area (Å²) >= 11 is 1.26. The molecule has 6 nitrogen and oxygen atoms in total. The van der Waals surface area contributed by atoms with Gasteiger partial charge in [0.25, 0.3) is 0 Å². The first-order valence-electron chi connectivity index (χ1n) is 5.13. The number of oxime groups is 1. The number of fused-ring (bicyclic) bond motifs is 1. The second-order valence-electron chi connectivity index (χ2n) is 3.82. The van der Waals surface area contributed by atoms with Crippen molar-refractivity contribution in [3.8, 4) is 6.07 Å². The predicted molar refractivity (Wildman–Crippen MR) is 72.4 cm³/mol. The first-order valence-corrected chi connectivity index (χ1v) is 7.76. The zero-order chi connectivity index (χ0) is 14.0. The minimum atomic E-state index is -3.74. The average Bonchev–Trinajstić information content (AvgIpc) is 2.71. The number of nitrogens with zero attached hydrogens (tertiary/aromatic N) is 3. The number of aromatic nitrogens is 1. The third-order valence-electron chi connectivity index (χ3n) is 2.12. The van der Waals surface area contributed by atoms with Gasteiger partial charge in [0.05, 0.1) is 16.5 Å². The van der Waals surface area contributed by atoms with Gasteiger partial charge in [-0.1, -0.05) is 11.2 Å². The van der Waals surface area contributed by atoms with E-state index in [2.05, 4.69) is 14.4 Å². The highest BCUT2D eigenvalue weighted by atomic mass is 32.2. The normalized spacial score (nSPS) is 12.4. The molecule has 19 heavy (non-hydrogen) atoms. The van der Waals surface area contributed by atoms with Crippen LogP contribution in [0.25, 0.3) is 10.2 Å². The lowest BCUT2D eigenvalue weighted by molar-refractivity contribution is 0.344. The van der Waals surface area contributed by atoms with Crippen LogP contribution >= 0.6 is 11.3 Å². The van der Waals surface area contributed by atoms with E-state index >= 15 is 0 Å². The van der Waals surface area contributed by atoms with Gasteiger partial charge in [-0.25, -0.2) is 4.98 Å². The second kappa shape index (κ2) is 4.95. The molecule has 0 bridgehead atoms. The van der Waals surface area contributed by atoms with Gasteiger partial charge in [0.15, 0.2) is 5.01 Å². The molecule has 0 aliphatic heterocycles. The SMILES string of the molecule is Cc1ccc2nc(C(C#N)=NOS(C)(=O)=O)sc2c1. The van der Waals surface area contributed by atoms with Gasteiger partial charge in [0, 0.05) is 0 Å². The van der Waals surface area contributed by atoms with Crippen molar-refractivity contribution in [1.29, 1.82) is 5.26 Å². The maximum absolute atomic E-state index is 10.8. The molecular formula is C11H9N3O3S2. The van der Waals surface area contributed by atoms with E-state index in [1.807, 2.05) is 25.1 Å². The summed E-state index contributed by atoms with van der Waals surface area (Å²) in [6.07, 6.45) is 0.854. The van der Waals surface area contributed by atoms with E-state index < -0.39 is 10.1 Å². The van der Waals surface area contributed by atoms with Crippen molar-refractivity contribution in [3.05, 3.63) is 28.8 Å². The van der Waals surface area contributed by atoms with E-state index in [1.54, 1.807) is 6.07 Å². The molecule has 0 aliphatic rings. The van der Waals surface area contributed by atoms with Crippen molar-refractivity contribution >= 4 is 37.4 Å². The number of nitriles is 1. The average molecular weight is 295 g/mol. The maximum Gasteiger partial charge on any atom is 0.325 e. The lowest BCUT2D eigenvalue weighted by Gasteiger charge is -1.93. The summed E-state index contributed by atoms with van der Waals surface area (Å²) in [6.45, 7) is 1.95. The van der Waals surface area contributed by atoms with Crippen LogP contribution in [-0.4, -0.2) is 25.4 Å². The summed E-state index contributed by atoms with van der Waals surface area (Å²) in [7, 11) is -3.74. The highest BCUT2D eigenvalue weighted by Crippen LogP contribution is 2.23. The highest BCUT2D eigenvalue weighted by molar-refractivity contribution is 7.85.